The van der Waals surface area contributed by atoms with Crippen molar-refractivity contribution in [1.82, 2.24) is 0 Å². The topological polar surface area (TPSA) is 0 Å². The Morgan fingerprint density at radius 2 is 1.25 bits per heavy atom. The summed E-state index contributed by atoms with van der Waals surface area (Å²) in [5.41, 5.74) is 2.83. The van der Waals surface area contributed by atoms with Crippen molar-refractivity contribution in [3.05, 3.63) is 35.4 Å². The van der Waals surface area contributed by atoms with E-state index in [2.05, 4.69) is 24.3 Å². The van der Waals surface area contributed by atoms with Crippen LogP contribution in [0.15, 0.2) is 24.3 Å². The third-order valence-corrected chi connectivity index (χ3v) is 4.31. The van der Waals surface area contributed by atoms with Crippen molar-refractivity contribution < 1.29 is 0 Å². The average Bonchev–Trinajstić information content (AvgIpc) is 2.06. The van der Waals surface area contributed by atoms with Gasteiger partial charge in [-0.05, 0) is 11.1 Å². The smallest absolute Gasteiger partial charge is 0.0580 e. The lowest BCUT2D eigenvalue weighted by molar-refractivity contribution is 0.311. The summed E-state index contributed by atoms with van der Waals surface area (Å²) in [4.78, 5) is 0. The van der Waals surface area contributed by atoms with Crippen LogP contribution in [-0.2, 0) is 0 Å². The molecule has 0 unspecified atom stereocenters. The molecule has 1 aromatic carbocycles. The van der Waals surface area contributed by atoms with Gasteiger partial charge >= 0.3 is 0 Å². The monoisotopic (exact) mass is 198 g/mol. The Labute approximate surface area is 81.5 Å². The van der Waals surface area contributed by atoms with Gasteiger partial charge in [-0.15, -0.1) is 23.2 Å². The molecule has 2 heteroatoms. The van der Waals surface area contributed by atoms with Crippen LogP contribution in [-0.4, -0.2) is 10.8 Å². The molecular weight excluding hydrogens is 191 g/mol. The van der Waals surface area contributed by atoms with E-state index in [1.54, 1.807) is 0 Å². The van der Waals surface area contributed by atoms with Gasteiger partial charge in [-0.1, -0.05) is 24.3 Å². The summed E-state index contributed by atoms with van der Waals surface area (Å²) in [6, 6.07) is 8.46. The van der Waals surface area contributed by atoms with Gasteiger partial charge in [0.05, 0.1) is 10.8 Å². The number of fused-ring (bicyclic) bond motifs is 4. The summed E-state index contributed by atoms with van der Waals surface area (Å²) < 4.78 is 0. The fourth-order valence-corrected chi connectivity index (χ4v) is 3.30. The van der Waals surface area contributed by atoms with Crippen molar-refractivity contribution in [2.75, 3.05) is 0 Å². The first-order valence-corrected chi connectivity index (χ1v) is 5.05. The molecule has 0 saturated heterocycles. The molecular formula is C10H8Cl2. The van der Waals surface area contributed by atoms with Gasteiger partial charge in [0, 0.05) is 11.8 Å². The van der Waals surface area contributed by atoms with Crippen molar-refractivity contribution >= 4 is 23.2 Å². The van der Waals surface area contributed by atoms with Crippen molar-refractivity contribution in [3.63, 3.8) is 0 Å². The molecule has 0 aliphatic heterocycles. The van der Waals surface area contributed by atoms with Gasteiger partial charge in [-0.2, -0.15) is 0 Å². The van der Waals surface area contributed by atoms with Crippen LogP contribution in [0, 0.1) is 0 Å². The summed E-state index contributed by atoms with van der Waals surface area (Å²) in [6.45, 7) is 0. The Morgan fingerprint density at radius 3 is 1.67 bits per heavy atom. The van der Waals surface area contributed by atoms with E-state index < -0.39 is 0 Å². The first-order chi connectivity index (χ1) is 5.80. The molecule has 0 bridgehead atoms. The first kappa shape index (κ1) is 7.23. The first-order valence-electron chi connectivity index (χ1n) is 4.17. The molecule has 3 rings (SSSR count). The van der Waals surface area contributed by atoms with Gasteiger partial charge in [-0.25, -0.2) is 0 Å². The lowest BCUT2D eigenvalue weighted by atomic mass is 9.55. The number of alkyl halides is 2. The van der Waals surface area contributed by atoms with Gasteiger partial charge in [0.25, 0.3) is 0 Å². The quantitative estimate of drug-likeness (QED) is 0.563. The molecule has 0 amide bonds. The van der Waals surface area contributed by atoms with Gasteiger partial charge in [-0.3, -0.25) is 0 Å². The highest BCUT2D eigenvalue weighted by Gasteiger charge is 2.57. The lowest BCUT2D eigenvalue weighted by Gasteiger charge is -2.55. The zero-order valence-corrected chi connectivity index (χ0v) is 7.89. The Bertz CT molecular complexity index is 301. The van der Waals surface area contributed by atoms with E-state index >= 15 is 0 Å². The Hall–Kier alpha value is -0.200. The van der Waals surface area contributed by atoms with E-state index in [4.69, 9.17) is 23.2 Å². The predicted octanol–water partition coefficient (Wildman–Crippen LogP) is 3.10. The predicted molar refractivity (Wildman–Crippen MR) is 51.2 cm³/mol. The summed E-state index contributed by atoms with van der Waals surface area (Å²) in [7, 11) is 0. The molecule has 2 aliphatic rings. The number of benzene rings is 1. The van der Waals surface area contributed by atoms with Gasteiger partial charge in [0.1, 0.15) is 0 Å². The number of rotatable bonds is 0. The molecule has 1 aromatic rings. The van der Waals surface area contributed by atoms with Crippen LogP contribution in [0.1, 0.15) is 23.0 Å². The molecule has 0 radical (unpaired) electrons. The molecule has 12 heavy (non-hydrogen) atoms. The maximum Gasteiger partial charge on any atom is 0.0580 e. The van der Waals surface area contributed by atoms with Crippen LogP contribution in [0.4, 0.5) is 0 Å². The standard InChI is InChI=1S/C10H8Cl2/c11-9-7-5-3-1-2-4-6(5)8(7)10(9)12/h1-4,7-10H/t7-,8+,9+,10-. The van der Waals surface area contributed by atoms with Gasteiger partial charge in [0.2, 0.25) is 0 Å². The fraction of sp³-hybridized carbons (Fsp3) is 0.400. The van der Waals surface area contributed by atoms with Crippen LogP contribution in [0.2, 0.25) is 0 Å². The molecule has 0 spiro atoms. The van der Waals surface area contributed by atoms with E-state index in [0.29, 0.717) is 11.8 Å². The summed E-state index contributed by atoms with van der Waals surface area (Å²) >= 11 is 12.2. The minimum Gasteiger partial charge on any atom is -0.121 e. The molecule has 62 valence electrons. The Balaban J connectivity index is 2.08. The van der Waals surface area contributed by atoms with Crippen LogP contribution in [0.25, 0.3) is 0 Å². The van der Waals surface area contributed by atoms with Gasteiger partial charge in [0.15, 0.2) is 0 Å². The van der Waals surface area contributed by atoms with Crippen molar-refractivity contribution in [2.24, 2.45) is 0 Å². The maximum absolute atomic E-state index is 6.09. The Kier molecular flexibility index (Phi) is 1.31. The van der Waals surface area contributed by atoms with Crippen LogP contribution >= 0.6 is 23.2 Å². The third kappa shape index (κ3) is 0.627. The van der Waals surface area contributed by atoms with E-state index in [9.17, 15) is 0 Å². The van der Waals surface area contributed by atoms with E-state index in [0.717, 1.165) is 0 Å². The zero-order valence-electron chi connectivity index (χ0n) is 6.37. The van der Waals surface area contributed by atoms with Crippen LogP contribution in [0.3, 0.4) is 0 Å². The average molecular weight is 199 g/mol. The highest BCUT2D eigenvalue weighted by atomic mass is 35.5. The molecule has 1 fully saturated rings. The van der Waals surface area contributed by atoms with E-state index in [1.165, 1.54) is 11.1 Å². The fourth-order valence-electron chi connectivity index (χ4n) is 2.40. The minimum absolute atomic E-state index is 0.159. The second-order valence-electron chi connectivity index (χ2n) is 3.57. The van der Waals surface area contributed by atoms with Gasteiger partial charge < -0.3 is 0 Å². The SMILES string of the molecule is Cl[C@@H]1[C@H](Cl)[C@H]2c3ccccc3[C@@H]12. The van der Waals surface area contributed by atoms with E-state index in [1.807, 2.05) is 0 Å². The minimum atomic E-state index is 0.159. The van der Waals surface area contributed by atoms with Crippen molar-refractivity contribution in [1.29, 1.82) is 0 Å². The highest BCUT2D eigenvalue weighted by Crippen LogP contribution is 2.63. The molecule has 0 aromatic heterocycles. The van der Waals surface area contributed by atoms with Crippen LogP contribution < -0.4 is 0 Å². The Morgan fingerprint density at radius 1 is 0.833 bits per heavy atom. The number of hydrogen-bond acceptors (Lipinski definition) is 0. The van der Waals surface area contributed by atoms with Crippen molar-refractivity contribution in [3.8, 4) is 0 Å². The normalized spacial score (nSPS) is 42.2. The lowest BCUT2D eigenvalue weighted by Crippen LogP contribution is -2.52. The summed E-state index contributed by atoms with van der Waals surface area (Å²) in [6.07, 6.45) is 0. The maximum atomic E-state index is 6.09. The molecule has 0 nitrogen and oxygen atoms in total. The second kappa shape index (κ2) is 2.18. The zero-order chi connectivity index (χ0) is 8.29. The molecule has 2 aliphatic carbocycles. The summed E-state index contributed by atoms with van der Waals surface area (Å²) in [5, 5.41) is 0.318. The highest BCUT2D eigenvalue weighted by molar-refractivity contribution is 6.33. The molecule has 0 heterocycles. The van der Waals surface area contributed by atoms with Crippen molar-refractivity contribution in [2.45, 2.75) is 22.6 Å². The molecule has 0 N–H and O–H groups in total. The van der Waals surface area contributed by atoms with E-state index in [-0.39, 0.29) is 10.8 Å². The molecule has 4 atom stereocenters. The van der Waals surface area contributed by atoms with Crippen LogP contribution in [0.5, 0.6) is 0 Å². The largest absolute Gasteiger partial charge is 0.121 e. The number of halogens is 2. The summed E-state index contributed by atoms with van der Waals surface area (Å²) in [5.74, 6) is 1.09. The second-order valence-corrected chi connectivity index (χ2v) is 4.58. The third-order valence-electron chi connectivity index (χ3n) is 3.09. The number of hydrogen-bond donors (Lipinski definition) is 0. The molecule has 1 saturated carbocycles.